The molecule has 0 radical (unpaired) electrons. The number of nitrogens with zero attached hydrogens (tertiary/aromatic N) is 1. The molecule has 7 aromatic carbocycles. The number of guanidine groups is 1. The fourth-order valence-electron chi connectivity index (χ4n) is 20.9. The van der Waals surface area contributed by atoms with Gasteiger partial charge in [0.05, 0.1) is 33.2 Å². The van der Waals surface area contributed by atoms with Gasteiger partial charge in [0.1, 0.15) is 17.6 Å². The third-order valence-corrected chi connectivity index (χ3v) is 26.6. The van der Waals surface area contributed by atoms with Crippen LogP contribution in [-0.2, 0) is 52.8 Å². The predicted octanol–water partition coefficient (Wildman–Crippen LogP) is 11.1. The van der Waals surface area contributed by atoms with Crippen molar-refractivity contribution in [3.63, 3.8) is 0 Å². The van der Waals surface area contributed by atoms with Crippen LogP contribution in [0.4, 0.5) is 0 Å². The van der Waals surface area contributed by atoms with Crippen LogP contribution >= 0.6 is 0 Å². The Morgan fingerprint density at radius 1 is 0.860 bits per heavy atom. The second-order valence-electron chi connectivity index (χ2n) is 31.4. The molecule has 13 nitrogen and oxygen atoms in total. The molecule has 9 N–H and O–H groups in total. The molecule has 15 atom stereocenters. The number of aliphatic imine (C=N–C) groups is 1. The quantitative estimate of drug-likeness (QED) is 0.0160. The molecule has 1 saturated heterocycles. The van der Waals surface area contributed by atoms with Gasteiger partial charge in [0.2, 0.25) is 5.72 Å². The van der Waals surface area contributed by atoms with Crippen LogP contribution in [0.1, 0.15) is 211 Å². The molecule has 11 aliphatic rings. The molecule has 10 bridgehead atoms. The van der Waals surface area contributed by atoms with Crippen molar-refractivity contribution < 1.29 is 72.4 Å². The Kier molecular flexibility index (Phi) is 19.1. The van der Waals surface area contributed by atoms with E-state index in [4.69, 9.17) is 25.9 Å². The Hall–Kier alpha value is -6.58. The van der Waals surface area contributed by atoms with Crippen LogP contribution in [-0.4, -0.2) is 70.0 Å². The van der Waals surface area contributed by atoms with Gasteiger partial charge in [-0.25, -0.2) is 13.4 Å². The van der Waals surface area contributed by atoms with E-state index in [2.05, 4.69) is 133 Å². The third kappa shape index (κ3) is 12.9. The van der Waals surface area contributed by atoms with Crippen molar-refractivity contribution in [3.05, 3.63) is 229 Å². The van der Waals surface area contributed by atoms with Crippen LogP contribution < -0.4 is 51.1 Å². The summed E-state index contributed by atoms with van der Waals surface area (Å²) in [6, 6.07) is 45.5. The molecule has 2 saturated carbocycles. The van der Waals surface area contributed by atoms with Crippen LogP contribution in [0, 0.1) is 46.8 Å². The number of hydrogen-bond acceptors (Lipinski definition) is 11. The minimum absolute atomic E-state index is 0. The number of hydrogen-bond donors (Lipinski definition) is 7. The zero-order valence-corrected chi connectivity index (χ0v) is 60.7. The monoisotopic (exact) mass is 1370 g/mol. The minimum Gasteiger partial charge on any atom is -0.748 e. The smallest absolute Gasteiger partial charge is 0.748 e. The van der Waals surface area contributed by atoms with E-state index < -0.39 is 56.7 Å². The Balaban J connectivity index is 0.00000812. The van der Waals surface area contributed by atoms with Gasteiger partial charge in [-0.3, -0.25) is 0 Å². The molecule has 18 rings (SSSR count). The molecule has 0 amide bonds. The fourth-order valence-corrected chi connectivity index (χ4v) is 22.0. The summed E-state index contributed by atoms with van der Waals surface area (Å²) in [5.41, 5.74) is 25.7. The molecule has 3 fully saturated rings. The summed E-state index contributed by atoms with van der Waals surface area (Å²) < 4.78 is 58.6. The van der Waals surface area contributed by atoms with Crippen LogP contribution in [0.15, 0.2) is 156 Å². The van der Waals surface area contributed by atoms with Gasteiger partial charge in [0.15, 0.2) is 5.96 Å². The Morgan fingerprint density at radius 2 is 1.64 bits per heavy atom. The van der Waals surface area contributed by atoms with E-state index >= 15 is 0 Å². The molecule has 5 aliphatic heterocycles. The number of nitrogens with one attached hydrogen (secondary N) is 1. The standard InChI is InChI=1S/C85H94N4O9S.Na/c1-50-16-17-58-40-67-26-31-69(58)74(50)43-76(99(94,95)96)75-42-61-38-60(41-68-35-52(48-90)12-8-14-56-39-66(91)25-30-72(56)81(61)97-68)77(75)54-18-23-64(24-19-54)85(98-67,89-82(86)87)46-65(34-51-10-4-3-5-11-51)84(93)45-63(44-83(49-84)32-6-7-33-83)55-21-28-71-57(36-55)22-27-70-62(47-88-2)37-59-15-9-13-53-20-29-73(80(71)92)79(70)78(53)59;/h3-5,9-11,13,15,18-21,23-26,28-31,36-37,39-40,42,50,52,60,63,65,68,73-77,80-81,88,90-93H,6-7,12,16-17,22,27,32-35,38,41,43-49H2,1-2H3,(H4,86,87,89)(H,94,95,96);/q;+1/p-1/t50-,52+,60-,63+,65-,68-,73-,74+,75-,76-,77+,80+,81-,84-,85+;/m1./s1. The summed E-state index contributed by atoms with van der Waals surface area (Å²) in [4.78, 5) is 5.32. The molecular formula is C85H93N4NaO9S. The number of allylic oxidation sites excluding steroid dienone is 1. The molecule has 0 unspecified atom stereocenters. The number of phenolic OH excluding ortho intramolecular Hbond substituents is 1. The summed E-state index contributed by atoms with van der Waals surface area (Å²) in [5.74, 6) is 4.42. The SMILES string of the molecule is CNCc1cc2cccc3c2c2c1CCc1cc([C@H]4CC5(CCCC5)C[C@@](O)([C@H](Cc5ccccc5)C[C@]5(N=C(N)N)Oc6ccc7c(c6)CC[C@@H](C)[C@@H]7C[C@@H](S(=O)(=O)[O-])[C@H]6C=C7C[C@H](C[C@H]8C[C@@H](CO)CC#Cc9cc(O)ccc9[C@@H]7O8)[C@@H]6c6ccc5cc6)C4)ccc1[C@H](O)[C@@H]2C=C3.[Na+]. The summed E-state index contributed by atoms with van der Waals surface area (Å²) in [6.45, 7) is 2.81. The number of nitrogens with two attached hydrogens (primary N) is 2. The summed E-state index contributed by atoms with van der Waals surface area (Å²) in [6.07, 6.45) is 16.8. The van der Waals surface area contributed by atoms with Gasteiger partial charge in [-0.1, -0.05) is 153 Å². The first-order chi connectivity index (χ1) is 47.8. The summed E-state index contributed by atoms with van der Waals surface area (Å²) >= 11 is 0. The third-order valence-electron chi connectivity index (χ3n) is 25.3. The fraction of sp³-hybridized carbons (Fsp3) is 0.447. The van der Waals surface area contributed by atoms with Gasteiger partial charge in [-0.2, -0.15) is 0 Å². The van der Waals surface area contributed by atoms with Crippen molar-refractivity contribution in [3.8, 4) is 23.3 Å². The van der Waals surface area contributed by atoms with Crippen LogP contribution in [0.2, 0.25) is 0 Å². The van der Waals surface area contributed by atoms with Crippen LogP contribution in [0.5, 0.6) is 11.5 Å². The van der Waals surface area contributed by atoms with Gasteiger partial charge < -0.3 is 51.2 Å². The molecule has 7 aromatic rings. The van der Waals surface area contributed by atoms with Crippen molar-refractivity contribution in [1.82, 2.24) is 5.32 Å². The van der Waals surface area contributed by atoms with Gasteiger partial charge in [-0.15, -0.1) is 0 Å². The Morgan fingerprint density at radius 3 is 2.42 bits per heavy atom. The van der Waals surface area contributed by atoms with Crippen LogP contribution in [0.25, 0.3) is 16.8 Å². The molecule has 100 heavy (non-hydrogen) atoms. The number of aryl methyl sites for hydroxylation is 2. The number of aromatic hydroxyl groups is 1. The maximum atomic E-state index is 14.6. The van der Waals surface area contributed by atoms with Gasteiger partial charge in [0.25, 0.3) is 0 Å². The number of aliphatic hydroxyl groups is 3. The Bertz CT molecular complexity index is 4560. The number of ether oxygens (including phenoxy) is 2. The topological polar surface area (TPSA) is 233 Å². The molecule has 6 aliphatic carbocycles. The largest absolute Gasteiger partial charge is 1.00 e. The van der Waals surface area contributed by atoms with Crippen molar-refractivity contribution >= 4 is 32.9 Å². The zero-order valence-electron chi connectivity index (χ0n) is 57.9. The first-order valence-corrected chi connectivity index (χ1v) is 38.1. The summed E-state index contributed by atoms with van der Waals surface area (Å²) in [5, 5.41) is 53.6. The first-order valence-electron chi connectivity index (χ1n) is 36.6. The second kappa shape index (κ2) is 27.6. The average Bonchev–Trinajstić information content (AvgIpc) is 0.928. The zero-order chi connectivity index (χ0) is 68.1. The van der Waals surface area contributed by atoms with E-state index in [9.17, 15) is 33.4 Å². The second-order valence-corrected chi connectivity index (χ2v) is 33.0. The number of benzene rings is 7. The van der Waals surface area contributed by atoms with Gasteiger partial charge in [0, 0.05) is 48.6 Å². The van der Waals surface area contributed by atoms with Crippen molar-refractivity contribution in [2.45, 2.75) is 188 Å². The van der Waals surface area contributed by atoms with E-state index in [1.807, 2.05) is 37.4 Å². The van der Waals surface area contributed by atoms with E-state index in [1.54, 1.807) is 12.1 Å². The van der Waals surface area contributed by atoms with E-state index in [0.717, 1.165) is 102 Å². The van der Waals surface area contributed by atoms with E-state index in [0.29, 0.717) is 68.2 Å². The normalized spacial score (nSPS) is 30.2. The number of phenols is 1. The molecule has 514 valence electrons. The molecular weight excluding hydrogens is 1280 g/mol. The van der Waals surface area contributed by atoms with Gasteiger partial charge >= 0.3 is 29.6 Å². The van der Waals surface area contributed by atoms with Gasteiger partial charge in [-0.05, 0) is 258 Å². The van der Waals surface area contributed by atoms with E-state index in [1.165, 1.54) is 38.6 Å². The average molecular weight is 1370 g/mol. The molecule has 0 aromatic heterocycles. The molecule has 15 heteroatoms. The van der Waals surface area contributed by atoms with Crippen LogP contribution in [0.3, 0.4) is 0 Å². The molecule has 1 spiro atoms. The number of aliphatic hydroxyl groups excluding tert-OH is 2. The first kappa shape index (κ1) is 69.2. The maximum Gasteiger partial charge on any atom is 1.00 e. The minimum atomic E-state index is -4.99. The van der Waals surface area contributed by atoms with Crippen molar-refractivity contribution in [1.29, 1.82) is 0 Å². The van der Waals surface area contributed by atoms with Crippen molar-refractivity contribution in [2.24, 2.45) is 51.5 Å². The number of fused-ring (bicyclic) bond motifs is 9. The number of rotatable bonds is 11. The Labute approximate surface area is 611 Å². The summed E-state index contributed by atoms with van der Waals surface area (Å²) in [7, 11) is -2.98. The van der Waals surface area contributed by atoms with E-state index in [-0.39, 0.29) is 108 Å². The molecule has 5 heterocycles. The predicted molar refractivity (Wildman–Crippen MR) is 387 cm³/mol. The maximum absolute atomic E-state index is 14.6. The van der Waals surface area contributed by atoms with Crippen molar-refractivity contribution in [2.75, 3.05) is 13.7 Å².